The summed E-state index contributed by atoms with van der Waals surface area (Å²) in [7, 11) is 0. The smallest absolute Gasteiger partial charge is 0.250 e. The van der Waals surface area contributed by atoms with Gasteiger partial charge in [0.2, 0.25) is 5.91 Å². The SMILES string of the molecule is CC(C)c1c(F)c(Cl)cc(C2CC2)c1CC(=O)N=Cc1sc(C(C)(C)O)cc1F. The van der Waals surface area contributed by atoms with Crippen molar-refractivity contribution in [2.24, 2.45) is 4.99 Å². The molecule has 1 aliphatic carbocycles. The monoisotopic (exact) mass is 439 g/mol. The first-order valence-electron chi connectivity index (χ1n) is 9.58. The number of amides is 1. The summed E-state index contributed by atoms with van der Waals surface area (Å²) < 4.78 is 28.8. The zero-order valence-electron chi connectivity index (χ0n) is 16.9. The number of carbonyl (C=O) groups is 1. The molecule has 3 nitrogen and oxygen atoms in total. The molecular formula is C22H24ClF2NO2S. The normalized spacial score (nSPS) is 14.9. The van der Waals surface area contributed by atoms with Crippen LogP contribution < -0.4 is 0 Å². The van der Waals surface area contributed by atoms with Crippen molar-refractivity contribution in [1.29, 1.82) is 0 Å². The van der Waals surface area contributed by atoms with Gasteiger partial charge in [-0.15, -0.1) is 11.3 Å². The lowest BCUT2D eigenvalue weighted by molar-refractivity contribution is -0.117. The average Bonchev–Trinajstić information content (AvgIpc) is 3.37. The van der Waals surface area contributed by atoms with Crippen LogP contribution in [0.2, 0.25) is 5.02 Å². The van der Waals surface area contributed by atoms with Crippen molar-refractivity contribution in [3.05, 3.63) is 55.2 Å². The average molecular weight is 440 g/mol. The third-order valence-electron chi connectivity index (χ3n) is 4.97. The van der Waals surface area contributed by atoms with E-state index in [1.165, 1.54) is 12.3 Å². The van der Waals surface area contributed by atoms with Gasteiger partial charge in [-0.2, -0.15) is 0 Å². The Kier molecular flexibility index (Phi) is 6.27. The number of hydrogen-bond acceptors (Lipinski definition) is 3. The molecule has 7 heteroatoms. The quantitative estimate of drug-likeness (QED) is 0.553. The van der Waals surface area contributed by atoms with E-state index in [-0.39, 0.29) is 22.2 Å². The summed E-state index contributed by atoms with van der Waals surface area (Å²) >= 11 is 7.13. The number of halogens is 3. The van der Waals surface area contributed by atoms with Gasteiger partial charge < -0.3 is 5.11 Å². The fourth-order valence-corrected chi connectivity index (χ4v) is 4.49. The van der Waals surface area contributed by atoms with Crippen molar-refractivity contribution in [1.82, 2.24) is 0 Å². The molecular weight excluding hydrogens is 416 g/mol. The largest absolute Gasteiger partial charge is 0.385 e. The van der Waals surface area contributed by atoms with Crippen LogP contribution in [0, 0.1) is 11.6 Å². The van der Waals surface area contributed by atoms with Crippen LogP contribution >= 0.6 is 22.9 Å². The number of rotatable bonds is 6. The second kappa shape index (κ2) is 8.25. The van der Waals surface area contributed by atoms with Gasteiger partial charge >= 0.3 is 0 Å². The molecule has 0 aliphatic heterocycles. The summed E-state index contributed by atoms with van der Waals surface area (Å²) in [5, 5.41) is 10.1. The van der Waals surface area contributed by atoms with Gasteiger partial charge in [0.1, 0.15) is 11.6 Å². The lowest BCUT2D eigenvalue weighted by Gasteiger charge is -2.18. The van der Waals surface area contributed by atoms with Crippen molar-refractivity contribution < 1.29 is 18.7 Å². The molecule has 1 heterocycles. The van der Waals surface area contributed by atoms with Gasteiger partial charge in [-0.25, -0.2) is 13.8 Å². The maximum atomic E-state index is 14.7. The van der Waals surface area contributed by atoms with Crippen LogP contribution in [0.25, 0.3) is 0 Å². The molecule has 0 unspecified atom stereocenters. The second-order valence-electron chi connectivity index (χ2n) is 8.29. The van der Waals surface area contributed by atoms with E-state index in [9.17, 15) is 18.7 Å². The molecule has 1 amide bonds. The molecule has 0 saturated heterocycles. The molecule has 0 radical (unpaired) electrons. The summed E-state index contributed by atoms with van der Waals surface area (Å²) in [6, 6.07) is 2.87. The number of nitrogens with zero attached hydrogens (tertiary/aromatic N) is 1. The third kappa shape index (κ3) is 4.93. The zero-order valence-corrected chi connectivity index (χ0v) is 18.4. The Labute approximate surface area is 178 Å². The lowest BCUT2D eigenvalue weighted by atomic mass is 9.89. The molecule has 1 aromatic heterocycles. The Morgan fingerprint density at radius 3 is 2.55 bits per heavy atom. The van der Waals surface area contributed by atoms with E-state index < -0.39 is 23.1 Å². The zero-order chi connectivity index (χ0) is 21.5. The highest BCUT2D eigenvalue weighted by molar-refractivity contribution is 7.13. The molecule has 1 fully saturated rings. The first-order chi connectivity index (χ1) is 13.5. The molecule has 1 aliphatic rings. The van der Waals surface area contributed by atoms with Crippen molar-refractivity contribution in [3.63, 3.8) is 0 Å². The highest BCUT2D eigenvalue weighted by Crippen LogP contribution is 2.45. The van der Waals surface area contributed by atoms with E-state index >= 15 is 0 Å². The molecule has 29 heavy (non-hydrogen) atoms. The van der Waals surface area contributed by atoms with Crippen LogP contribution in [0.5, 0.6) is 0 Å². The Bertz CT molecular complexity index is 972. The molecule has 3 rings (SSSR count). The van der Waals surface area contributed by atoms with E-state index in [0.717, 1.165) is 29.7 Å². The van der Waals surface area contributed by atoms with Crippen molar-refractivity contribution in [3.8, 4) is 0 Å². The van der Waals surface area contributed by atoms with Crippen LogP contribution in [-0.4, -0.2) is 17.2 Å². The van der Waals surface area contributed by atoms with Crippen LogP contribution in [0.1, 0.15) is 78.8 Å². The summed E-state index contributed by atoms with van der Waals surface area (Å²) in [4.78, 5) is 17.1. The fraction of sp³-hybridized carbons (Fsp3) is 0.455. The molecule has 156 valence electrons. The van der Waals surface area contributed by atoms with Crippen molar-refractivity contribution in [2.45, 2.75) is 64.4 Å². The van der Waals surface area contributed by atoms with Crippen molar-refractivity contribution in [2.75, 3.05) is 0 Å². The molecule has 1 aromatic carbocycles. The van der Waals surface area contributed by atoms with Crippen LogP contribution in [-0.2, 0) is 16.8 Å². The van der Waals surface area contributed by atoms with Gasteiger partial charge in [0.05, 0.1) is 28.1 Å². The van der Waals surface area contributed by atoms with Gasteiger partial charge in [-0.05, 0) is 67.3 Å². The molecule has 2 aromatic rings. The summed E-state index contributed by atoms with van der Waals surface area (Å²) in [6.45, 7) is 6.85. The summed E-state index contributed by atoms with van der Waals surface area (Å²) in [5.41, 5.74) is 0.841. The minimum Gasteiger partial charge on any atom is -0.385 e. The van der Waals surface area contributed by atoms with E-state index in [4.69, 9.17) is 11.6 Å². The Morgan fingerprint density at radius 1 is 1.38 bits per heavy atom. The number of aliphatic hydroxyl groups is 1. The van der Waals surface area contributed by atoms with Gasteiger partial charge in [0.25, 0.3) is 0 Å². The van der Waals surface area contributed by atoms with Gasteiger partial charge in [-0.1, -0.05) is 25.4 Å². The third-order valence-corrected chi connectivity index (χ3v) is 6.60. The number of aliphatic imine (C=N–C) groups is 1. The first kappa shape index (κ1) is 22.1. The fourth-order valence-electron chi connectivity index (χ4n) is 3.36. The standard InChI is InChI=1S/C22H24ClF2NO2S/c1-11(2)20-14(13(12-5-6-12)7-15(23)21(20)25)8-19(27)26-10-17-16(24)9-18(29-17)22(3,4)28/h7,9-12,28H,5-6,8H2,1-4H3. The highest BCUT2D eigenvalue weighted by atomic mass is 35.5. The highest BCUT2D eigenvalue weighted by Gasteiger charge is 2.31. The Hall–Kier alpha value is -1.63. The van der Waals surface area contributed by atoms with Gasteiger partial charge in [0, 0.05) is 4.88 Å². The number of benzene rings is 1. The van der Waals surface area contributed by atoms with Crippen molar-refractivity contribution >= 4 is 35.1 Å². The molecule has 0 atom stereocenters. The van der Waals surface area contributed by atoms with Gasteiger partial charge in [-0.3, -0.25) is 4.79 Å². The minimum absolute atomic E-state index is 0.0602. The Balaban J connectivity index is 1.89. The molecule has 0 bridgehead atoms. The van der Waals surface area contributed by atoms with E-state index in [1.807, 2.05) is 13.8 Å². The first-order valence-corrected chi connectivity index (χ1v) is 10.8. The minimum atomic E-state index is -1.17. The summed E-state index contributed by atoms with van der Waals surface area (Å²) in [6.07, 6.45) is 3.10. The van der Waals surface area contributed by atoms with Gasteiger partial charge in [0.15, 0.2) is 0 Å². The van der Waals surface area contributed by atoms with E-state index in [1.54, 1.807) is 19.9 Å². The Morgan fingerprint density at radius 2 is 2.03 bits per heavy atom. The topological polar surface area (TPSA) is 49.7 Å². The van der Waals surface area contributed by atoms with E-state index in [2.05, 4.69) is 4.99 Å². The molecule has 1 N–H and O–H groups in total. The maximum Gasteiger partial charge on any atom is 0.250 e. The summed E-state index contributed by atoms with van der Waals surface area (Å²) in [5.74, 6) is -1.35. The molecule has 0 spiro atoms. The van der Waals surface area contributed by atoms with Crippen LogP contribution in [0.15, 0.2) is 17.1 Å². The predicted octanol–water partition coefficient (Wildman–Crippen LogP) is 6.10. The number of thiophene rings is 1. The lowest BCUT2D eigenvalue weighted by Crippen LogP contribution is -2.12. The van der Waals surface area contributed by atoms with Crippen LogP contribution in [0.4, 0.5) is 8.78 Å². The van der Waals surface area contributed by atoms with E-state index in [0.29, 0.717) is 21.9 Å². The van der Waals surface area contributed by atoms with Crippen LogP contribution in [0.3, 0.4) is 0 Å². The second-order valence-corrected chi connectivity index (χ2v) is 9.78. The predicted molar refractivity (Wildman–Crippen MR) is 113 cm³/mol. The maximum absolute atomic E-state index is 14.7. The molecule has 1 saturated carbocycles. The number of carbonyl (C=O) groups excluding carboxylic acids is 1. The number of hydrogen-bond donors (Lipinski definition) is 1.